The van der Waals surface area contributed by atoms with Gasteiger partial charge in [0, 0.05) is 30.5 Å². The zero-order valence-corrected chi connectivity index (χ0v) is 15.6. The largest absolute Gasteiger partial charge is 0.482 e. The van der Waals surface area contributed by atoms with Gasteiger partial charge in [-0.2, -0.15) is 0 Å². The summed E-state index contributed by atoms with van der Waals surface area (Å²) in [5.41, 5.74) is 6.38. The molecule has 1 aromatic rings. The fourth-order valence-corrected chi connectivity index (χ4v) is 3.38. The number of rotatable bonds is 4. The van der Waals surface area contributed by atoms with E-state index in [0.717, 1.165) is 29.7 Å². The van der Waals surface area contributed by atoms with Crippen LogP contribution < -0.4 is 15.4 Å². The number of hydrogen-bond donors (Lipinski definition) is 1. The van der Waals surface area contributed by atoms with E-state index in [1.54, 1.807) is 4.90 Å². The molecule has 2 aliphatic heterocycles. The predicted molar refractivity (Wildman–Crippen MR) is 97.6 cm³/mol. The second kappa shape index (κ2) is 8.18. The minimum absolute atomic E-state index is 0. The van der Waals surface area contributed by atoms with Gasteiger partial charge < -0.3 is 20.3 Å². The van der Waals surface area contributed by atoms with Crippen LogP contribution in [0.15, 0.2) is 22.7 Å². The third-order valence-electron chi connectivity index (χ3n) is 4.39. The highest BCUT2D eigenvalue weighted by Gasteiger charge is 2.29. The molecule has 6 nitrogen and oxygen atoms in total. The van der Waals surface area contributed by atoms with Gasteiger partial charge >= 0.3 is 0 Å². The van der Waals surface area contributed by atoms with Crippen molar-refractivity contribution in [3.05, 3.63) is 22.7 Å². The zero-order valence-electron chi connectivity index (χ0n) is 13.2. The number of likely N-dealkylation sites (tertiary alicyclic amines) is 1. The summed E-state index contributed by atoms with van der Waals surface area (Å²) < 4.78 is 6.35. The summed E-state index contributed by atoms with van der Waals surface area (Å²) in [5, 5.41) is 0. The van der Waals surface area contributed by atoms with Crippen molar-refractivity contribution in [1.29, 1.82) is 0 Å². The van der Waals surface area contributed by atoms with E-state index in [1.165, 1.54) is 0 Å². The Morgan fingerprint density at radius 1 is 1.42 bits per heavy atom. The Morgan fingerprint density at radius 2 is 2.21 bits per heavy atom. The molecule has 0 radical (unpaired) electrons. The normalized spacial score (nSPS) is 19.6. The van der Waals surface area contributed by atoms with Crippen LogP contribution in [0.4, 0.5) is 5.69 Å². The van der Waals surface area contributed by atoms with Crippen LogP contribution in [0, 0.1) is 5.92 Å². The third-order valence-corrected chi connectivity index (χ3v) is 4.88. The lowest BCUT2D eigenvalue weighted by atomic mass is 10.1. The summed E-state index contributed by atoms with van der Waals surface area (Å²) in [4.78, 5) is 27.9. The van der Waals surface area contributed by atoms with Crippen LogP contribution in [0.3, 0.4) is 0 Å². The first-order valence-corrected chi connectivity index (χ1v) is 8.58. The summed E-state index contributed by atoms with van der Waals surface area (Å²) in [6, 6.07) is 5.53. The molecule has 1 fully saturated rings. The number of anilines is 1. The molecule has 2 N–H and O–H groups in total. The van der Waals surface area contributed by atoms with Crippen molar-refractivity contribution >= 4 is 45.8 Å². The molecule has 2 amide bonds. The van der Waals surface area contributed by atoms with E-state index in [4.69, 9.17) is 10.5 Å². The number of fused-ring (bicyclic) bond motifs is 1. The molecule has 1 aromatic carbocycles. The van der Waals surface area contributed by atoms with Gasteiger partial charge in [-0.15, -0.1) is 12.4 Å². The first-order chi connectivity index (χ1) is 11.1. The Balaban J connectivity index is 0.00000208. The van der Waals surface area contributed by atoms with Gasteiger partial charge in [0.25, 0.3) is 5.91 Å². The van der Waals surface area contributed by atoms with Gasteiger partial charge in [0.05, 0.1) is 5.69 Å². The van der Waals surface area contributed by atoms with Gasteiger partial charge in [0.15, 0.2) is 6.61 Å². The molecule has 3 rings (SSSR count). The van der Waals surface area contributed by atoms with E-state index in [-0.39, 0.29) is 30.8 Å². The lowest BCUT2D eigenvalue weighted by molar-refractivity contribution is -0.130. The standard InChI is InChI=1S/C16H20BrN3O3.ClH/c17-12-1-2-13-14(7-12)23-10-16(22)20(13)6-4-15(21)19-5-3-11(8-18)9-19;/h1-2,7,11H,3-6,8-10,18H2;1H. The Kier molecular flexibility index (Phi) is 6.48. The smallest absolute Gasteiger partial charge is 0.265 e. The first kappa shape index (κ1) is 19.0. The fraction of sp³-hybridized carbons (Fsp3) is 0.500. The average molecular weight is 419 g/mol. The van der Waals surface area contributed by atoms with Crippen LogP contribution >= 0.6 is 28.3 Å². The van der Waals surface area contributed by atoms with Crippen LogP contribution in [0.25, 0.3) is 0 Å². The molecule has 24 heavy (non-hydrogen) atoms. The number of nitrogens with zero attached hydrogens (tertiary/aromatic N) is 2. The number of nitrogens with two attached hydrogens (primary N) is 1. The summed E-state index contributed by atoms with van der Waals surface area (Å²) in [7, 11) is 0. The Bertz CT molecular complexity index is 629. The van der Waals surface area contributed by atoms with E-state index in [9.17, 15) is 9.59 Å². The van der Waals surface area contributed by atoms with E-state index in [1.807, 2.05) is 23.1 Å². The molecule has 1 unspecified atom stereocenters. The number of carbonyl (C=O) groups excluding carboxylic acids is 2. The van der Waals surface area contributed by atoms with Crippen LogP contribution in [0.5, 0.6) is 5.75 Å². The van der Waals surface area contributed by atoms with E-state index in [2.05, 4.69) is 15.9 Å². The van der Waals surface area contributed by atoms with Crippen molar-refractivity contribution < 1.29 is 14.3 Å². The highest BCUT2D eigenvalue weighted by atomic mass is 79.9. The molecule has 2 aliphatic rings. The van der Waals surface area contributed by atoms with Crippen LogP contribution in [0.1, 0.15) is 12.8 Å². The van der Waals surface area contributed by atoms with Crippen molar-refractivity contribution in [2.24, 2.45) is 11.7 Å². The average Bonchev–Trinajstić information content (AvgIpc) is 3.03. The number of benzene rings is 1. The molecule has 1 atom stereocenters. The van der Waals surface area contributed by atoms with Gasteiger partial charge in [-0.1, -0.05) is 15.9 Å². The van der Waals surface area contributed by atoms with Crippen molar-refractivity contribution in [3.63, 3.8) is 0 Å². The Labute approximate surface area is 155 Å². The van der Waals surface area contributed by atoms with Gasteiger partial charge in [-0.3, -0.25) is 9.59 Å². The van der Waals surface area contributed by atoms with Gasteiger partial charge in [0.1, 0.15) is 5.75 Å². The monoisotopic (exact) mass is 417 g/mol. The van der Waals surface area contributed by atoms with E-state index in [0.29, 0.717) is 31.2 Å². The molecule has 8 heteroatoms. The maximum atomic E-state index is 12.3. The predicted octanol–water partition coefficient (Wildman–Crippen LogP) is 1.79. The lowest BCUT2D eigenvalue weighted by Gasteiger charge is -2.30. The number of halogens is 2. The van der Waals surface area contributed by atoms with Crippen molar-refractivity contribution in [1.82, 2.24) is 4.90 Å². The van der Waals surface area contributed by atoms with Crippen LogP contribution in [-0.2, 0) is 9.59 Å². The number of carbonyl (C=O) groups is 2. The molecule has 0 bridgehead atoms. The van der Waals surface area contributed by atoms with Crippen LogP contribution in [0.2, 0.25) is 0 Å². The van der Waals surface area contributed by atoms with E-state index < -0.39 is 0 Å². The maximum absolute atomic E-state index is 12.3. The highest BCUT2D eigenvalue weighted by Crippen LogP contribution is 2.34. The molecular weight excluding hydrogens is 398 g/mol. The van der Waals surface area contributed by atoms with Crippen LogP contribution in [-0.4, -0.2) is 49.5 Å². The number of amides is 2. The van der Waals surface area contributed by atoms with Gasteiger partial charge in [-0.25, -0.2) is 0 Å². The third kappa shape index (κ3) is 4.02. The lowest BCUT2D eigenvalue weighted by Crippen LogP contribution is -2.41. The van der Waals surface area contributed by atoms with Gasteiger partial charge in [0.2, 0.25) is 5.91 Å². The Hall–Kier alpha value is -1.31. The maximum Gasteiger partial charge on any atom is 0.265 e. The SMILES string of the molecule is Cl.NCC1CCN(C(=O)CCN2C(=O)COc3cc(Br)ccc32)C1. The minimum Gasteiger partial charge on any atom is -0.482 e. The zero-order chi connectivity index (χ0) is 16.4. The second-order valence-electron chi connectivity index (χ2n) is 5.93. The summed E-state index contributed by atoms with van der Waals surface area (Å²) in [6.07, 6.45) is 1.29. The number of ether oxygens (including phenoxy) is 1. The Morgan fingerprint density at radius 3 is 2.92 bits per heavy atom. The second-order valence-corrected chi connectivity index (χ2v) is 6.84. The quantitative estimate of drug-likeness (QED) is 0.809. The summed E-state index contributed by atoms with van der Waals surface area (Å²) >= 11 is 3.39. The molecule has 0 aliphatic carbocycles. The topological polar surface area (TPSA) is 75.9 Å². The summed E-state index contributed by atoms with van der Waals surface area (Å²) in [5.74, 6) is 1.03. The molecule has 1 saturated heterocycles. The van der Waals surface area contributed by atoms with Gasteiger partial charge in [-0.05, 0) is 37.1 Å². The molecule has 132 valence electrons. The fourth-order valence-electron chi connectivity index (χ4n) is 3.04. The number of hydrogen-bond acceptors (Lipinski definition) is 4. The van der Waals surface area contributed by atoms with E-state index >= 15 is 0 Å². The molecule has 0 aromatic heterocycles. The van der Waals surface area contributed by atoms with Crippen molar-refractivity contribution in [2.45, 2.75) is 12.8 Å². The molecular formula is C16H21BrClN3O3. The molecule has 2 heterocycles. The molecule has 0 spiro atoms. The van der Waals surface area contributed by atoms with Crippen molar-refractivity contribution in [2.75, 3.05) is 37.7 Å². The summed E-state index contributed by atoms with van der Waals surface area (Å²) in [6.45, 7) is 2.50. The minimum atomic E-state index is -0.117. The first-order valence-electron chi connectivity index (χ1n) is 7.79. The molecule has 0 saturated carbocycles. The highest BCUT2D eigenvalue weighted by molar-refractivity contribution is 9.10. The van der Waals surface area contributed by atoms with Crippen molar-refractivity contribution in [3.8, 4) is 5.75 Å².